The van der Waals surface area contributed by atoms with Gasteiger partial charge in [0.15, 0.2) is 0 Å². The summed E-state index contributed by atoms with van der Waals surface area (Å²) in [5, 5.41) is 7.54. The summed E-state index contributed by atoms with van der Waals surface area (Å²) < 4.78 is 7.03. The van der Waals surface area contributed by atoms with Crippen molar-refractivity contribution in [3.63, 3.8) is 0 Å². The van der Waals surface area contributed by atoms with E-state index in [-0.39, 0.29) is 24.1 Å². The summed E-state index contributed by atoms with van der Waals surface area (Å²) in [4.78, 5) is 31.9. The molecule has 0 aliphatic carbocycles. The summed E-state index contributed by atoms with van der Waals surface area (Å²) in [5.74, 6) is 0.575. The summed E-state index contributed by atoms with van der Waals surface area (Å²) in [6.45, 7) is 0.482. The number of nitrogens with one attached hydrogen (secondary N) is 1. The Balaban J connectivity index is 1.41. The molecule has 1 aromatic carbocycles. The molecule has 0 spiro atoms. The lowest BCUT2D eigenvalue weighted by Crippen LogP contribution is -2.36. The molecule has 0 saturated heterocycles. The van der Waals surface area contributed by atoms with Crippen LogP contribution in [-0.4, -0.2) is 22.1 Å². The molecule has 0 fully saturated rings. The van der Waals surface area contributed by atoms with Crippen LogP contribution in [0.15, 0.2) is 58.3 Å². The molecule has 4 heterocycles. The number of carbonyl (C=O) groups is 1. The number of aromatic nitrogens is 2. The van der Waals surface area contributed by atoms with Gasteiger partial charge in [-0.2, -0.15) is 0 Å². The van der Waals surface area contributed by atoms with Gasteiger partial charge in [0.2, 0.25) is 5.91 Å². The molecule has 0 saturated carbocycles. The average molecular weight is 424 g/mol. The number of fused-ring (bicyclic) bond motifs is 2. The molecule has 6 nitrogen and oxygen atoms in total. The number of benzene rings is 1. The SMILES string of the molecule is O=C(Cn1cnc2scc(-c3cccs3)c2c1=O)N[C@H]1CCOc2ccccc21. The molecule has 8 heteroatoms. The second-order valence-electron chi connectivity index (χ2n) is 6.78. The maximum atomic E-state index is 13.1. The lowest BCUT2D eigenvalue weighted by Gasteiger charge is -2.26. The van der Waals surface area contributed by atoms with E-state index in [1.807, 2.05) is 47.2 Å². The first kappa shape index (κ1) is 18.1. The van der Waals surface area contributed by atoms with Crippen molar-refractivity contribution in [2.24, 2.45) is 0 Å². The largest absolute Gasteiger partial charge is 0.493 e. The molecule has 0 radical (unpaired) electrons. The fourth-order valence-electron chi connectivity index (χ4n) is 3.58. The summed E-state index contributed by atoms with van der Waals surface area (Å²) in [6.07, 6.45) is 2.15. The maximum absolute atomic E-state index is 13.1. The molecular formula is C21H17N3O3S2. The minimum atomic E-state index is -0.220. The monoisotopic (exact) mass is 423 g/mol. The number of ether oxygens (including phenoxy) is 1. The highest BCUT2D eigenvalue weighted by molar-refractivity contribution is 7.18. The van der Waals surface area contributed by atoms with E-state index in [1.165, 1.54) is 22.2 Å². The first-order chi connectivity index (χ1) is 14.2. The summed E-state index contributed by atoms with van der Waals surface area (Å²) in [7, 11) is 0. The molecule has 1 atom stereocenters. The van der Waals surface area contributed by atoms with Crippen LogP contribution in [0.2, 0.25) is 0 Å². The third-order valence-electron chi connectivity index (χ3n) is 4.96. The zero-order valence-electron chi connectivity index (χ0n) is 15.3. The van der Waals surface area contributed by atoms with Crippen molar-refractivity contribution >= 4 is 38.8 Å². The number of para-hydroxylation sites is 1. The van der Waals surface area contributed by atoms with Crippen LogP contribution >= 0.6 is 22.7 Å². The van der Waals surface area contributed by atoms with E-state index in [9.17, 15) is 9.59 Å². The topological polar surface area (TPSA) is 73.2 Å². The molecule has 1 aliphatic rings. The molecule has 29 heavy (non-hydrogen) atoms. The van der Waals surface area contributed by atoms with E-state index < -0.39 is 0 Å². The Kier molecular flexibility index (Phi) is 4.65. The number of carbonyl (C=O) groups excluding carboxylic acids is 1. The molecular weight excluding hydrogens is 406 g/mol. The van der Waals surface area contributed by atoms with Crippen molar-refractivity contribution in [2.45, 2.75) is 19.0 Å². The molecule has 0 unspecified atom stereocenters. The zero-order valence-corrected chi connectivity index (χ0v) is 17.0. The van der Waals surface area contributed by atoms with Crippen LogP contribution in [0.3, 0.4) is 0 Å². The number of hydrogen-bond acceptors (Lipinski definition) is 6. The van der Waals surface area contributed by atoms with E-state index >= 15 is 0 Å². The Labute approximate surface area is 174 Å². The molecule has 1 N–H and O–H groups in total. The molecule has 5 rings (SSSR count). The van der Waals surface area contributed by atoms with Gasteiger partial charge in [-0.15, -0.1) is 22.7 Å². The zero-order chi connectivity index (χ0) is 19.8. The molecule has 1 aliphatic heterocycles. The number of hydrogen-bond donors (Lipinski definition) is 1. The molecule has 3 aromatic heterocycles. The van der Waals surface area contributed by atoms with Crippen LogP contribution in [0.25, 0.3) is 20.7 Å². The van der Waals surface area contributed by atoms with Crippen molar-refractivity contribution < 1.29 is 9.53 Å². The van der Waals surface area contributed by atoms with Crippen LogP contribution in [0, 0.1) is 0 Å². The molecule has 1 amide bonds. The van der Waals surface area contributed by atoms with Gasteiger partial charge < -0.3 is 10.1 Å². The Morgan fingerprint density at radius 3 is 3.00 bits per heavy atom. The standard InChI is InChI=1S/C21H17N3O3S2/c25-18(23-15-7-8-27-16-5-2-1-4-13(15)16)10-24-12-22-20-19(21(24)26)14(11-29-20)17-6-3-9-28-17/h1-6,9,11-12,15H,7-8,10H2,(H,23,25)/t15-/m0/s1. The summed E-state index contributed by atoms with van der Waals surface area (Å²) >= 11 is 3.02. The van der Waals surface area contributed by atoms with E-state index in [2.05, 4.69) is 10.3 Å². The van der Waals surface area contributed by atoms with Gasteiger partial charge >= 0.3 is 0 Å². The van der Waals surface area contributed by atoms with Gasteiger partial charge in [0.25, 0.3) is 5.56 Å². The van der Waals surface area contributed by atoms with Gasteiger partial charge in [-0.05, 0) is 17.5 Å². The lowest BCUT2D eigenvalue weighted by atomic mass is 10.0. The summed E-state index contributed by atoms with van der Waals surface area (Å²) in [5.41, 5.74) is 1.65. The Morgan fingerprint density at radius 1 is 1.24 bits per heavy atom. The second kappa shape index (κ2) is 7.46. The van der Waals surface area contributed by atoms with Crippen LogP contribution in [0.5, 0.6) is 5.75 Å². The summed E-state index contributed by atoms with van der Waals surface area (Å²) in [6, 6.07) is 11.5. The molecule has 0 bridgehead atoms. The minimum absolute atomic E-state index is 0.0684. The first-order valence-corrected chi connectivity index (χ1v) is 11.0. The number of thiophene rings is 2. The van der Waals surface area contributed by atoms with E-state index in [1.54, 1.807) is 11.3 Å². The fourth-order valence-corrected chi connectivity index (χ4v) is 5.30. The predicted molar refractivity (Wildman–Crippen MR) is 115 cm³/mol. The number of amides is 1. The van der Waals surface area contributed by atoms with Gasteiger partial charge in [-0.25, -0.2) is 4.98 Å². The third-order valence-corrected chi connectivity index (χ3v) is 6.74. The first-order valence-electron chi connectivity index (χ1n) is 9.22. The van der Waals surface area contributed by atoms with Gasteiger partial charge in [0, 0.05) is 27.8 Å². The highest BCUT2D eigenvalue weighted by Gasteiger charge is 2.23. The van der Waals surface area contributed by atoms with E-state index in [4.69, 9.17) is 4.74 Å². The van der Waals surface area contributed by atoms with Crippen molar-refractivity contribution in [3.05, 3.63) is 69.4 Å². The van der Waals surface area contributed by atoms with Gasteiger partial charge in [-0.1, -0.05) is 24.3 Å². The van der Waals surface area contributed by atoms with Gasteiger partial charge in [0.05, 0.1) is 24.4 Å². The van der Waals surface area contributed by atoms with Gasteiger partial charge in [0.1, 0.15) is 17.1 Å². The Hall–Kier alpha value is -2.97. The molecule has 146 valence electrons. The van der Waals surface area contributed by atoms with Crippen molar-refractivity contribution in [3.8, 4) is 16.2 Å². The van der Waals surface area contributed by atoms with Crippen molar-refractivity contribution in [2.75, 3.05) is 6.61 Å². The number of rotatable bonds is 4. The van der Waals surface area contributed by atoms with E-state index in [0.717, 1.165) is 21.8 Å². The van der Waals surface area contributed by atoms with Crippen molar-refractivity contribution in [1.29, 1.82) is 0 Å². The predicted octanol–water partition coefficient (Wildman–Crippen LogP) is 3.83. The van der Waals surface area contributed by atoms with E-state index in [0.29, 0.717) is 23.2 Å². The second-order valence-corrected chi connectivity index (χ2v) is 8.59. The highest BCUT2D eigenvalue weighted by atomic mass is 32.1. The maximum Gasteiger partial charge on any atom is 0.263 e. The third kappa shape index (κ3) is 3.34. The van der Waals surface area contributed by atoms with Crippen molar-refractivity contribution in [1.82, 2.24) is 14.9 Å². The smallest absolute Gasteiger partial charge is 0.263 e. The van der Waals surface area contributed by atoms with Crippen LogP contribution in [-0.2, 0) is 11.3 Å². The lowest BCUT2D eigenvalue weighted by molar-refractivity contribution is -0.122. The fraction of sp³-hybridized carbons (Fsp3) is 0.190. The Bertz CT molecular complexity index is 1240. The highest BCUT2D eigenvalue weighted by Crippen LogP contribution is 2.33. The minimum Gasteiger partial charge on any atom is -0.493 e. The van der Waals surface area contributed by atoms with Crippen LogP contribution in [0.1, 0.15) is 18.0 Å². The van der Waals surface area contributed by atoms with Gasteiger partial charge in [-0.3, -0.25) is 14.2 Å². The quantitative estimate of drug-likeness (QED) is 0.542. The Morgan fingerprint density at radius 2 is 2.14 bits per heavy atom. The normalized spacial score (nSPS) is 15.7. The van der Waals surface area contributed by atoms with Crippen LogP contribution < -0.4 is 15.6 Å². The average Bonchev–Trinajstić information content (AvgIpc) is 3.40. The van der Waals surface area contributed by atoms with Crippen LogP contribution in [0.4, 0.5) is 0 Å². The molecule has 4 aromatic rings. The number of nitrogens with zero attached hydrogens (tertiary/aromatic N) is 2.